The van der Waals surface area contributed by atoms with Crippen LogP contribution in [0, 0.1) is 0 Å². The van der Waals surface area contributed by atoms with Gasteiger partial charge in [-0.15, -0.1) is 0 Å². The summed E-state index contributed by atoms with van der Waals surface area (Å²) in [5.41, 5.74) is 20.5. The third kappa shape index (κ3) is 9.68. The minimum Gasteiger partial charge on any atom is -0.370 e. The topological polar surface area (TPSA) is 180 Å². The maximum absolute atomic E-state index is 11.5. The molecule has 0 aromatic carbocycles. The van der Waals surface area contributed by atoms with Gasteiger partial charge in [0.1, 0.15) is 6.04 Å². The van der Waals surface area contributed by atoms with Crippen LogP contribution in [0.4, 0.5) is 0 Å². The van der Waals surface area contributed by atoms with Gasteiger partial charge in [0.05, 0.1) is 0 Å². The highest BCUT2D eigenvalue weighted by Gasteiger charge is 2.17. The fourth-order valence-electron chi connectivity index (χ4n) is 1.48. The molecule has 0 fully saturated rings. The molecule has 0 aromatic rings. The second-order valence-electron chi connectivity index (χ2n) is 4.29. The Morgan fingerprint density at radius 2 is 1.65 bits per heavy atom. The number of amides is 3. The summed E-state index contributed by atoms with van der Waals surface area (Å²) in [5, 5.41) is 2.50. The van der Waals surface area contributed by atoms with Crippen LogP contribution in [0.3, 0.4) is 0 Å². The van der Waals surface area contributed by atoms with Crippen molar-refractivity contribution in [3.63, 3.8) is 0 Å². The van der Waals surface area contributed by atoms with Gasteiger partial charge in [-0.3, -0.25) is 19.4 Å². The standard InChI is InChI=1S/C11H22N6O3/c12-8(18)4-1-5-9(19)17-7(10(13)20)3-2-6-16-11(14)15/h7H,1-6H2,(H2,12,18)(H2,13,20)(H,17,19)(H4,14,15,16). The second-order valence-corrected chi connectivity index (χ2v) is 4.29. The Kier molecular flexibility index (Phi) is 8.48. The maximum atomic E-state index is 11.5. The average Bonchev–Trinajstić information content (AvgIpc) is 2.31. The van der Waals surface area contributed by atoms with Crippen molar-refractivity contribution >= 4 is 23.7 Å². The van der Waals surface area contributed by atoms with Gasteiger partial charge in [0, 0.05) is 19.4 Å². The minimum atomic E-state index is -0.773. The number of guanidine groups is 1. The van der Waals surface area contributed by atoms with E-state index in [0.717, 1.165) is 0 Å². The third-order valence-electron chi connectivity index (χ3n) is 2.45. The SMILES string of the molecule is NC(=O)CCCC(=O)NC(CCCN=C(N)N)C(N)=O. The number of nitrogens with zero attached hydrogens (tertiary/aromatic N) is 1. The smallest absolute Gasteiger partial charge is 0.240 e. The van der Waals surface area contributed by atoms with Crippen LogP contribution < -0.4 is 28.3 Å². The van der Waals surface area contributed by atoms with Crippen molar-refractivity contribution in [1.29, 1.82) is 0 Å². The summed E-state index contributed by atoms with van der Waals surface area (Å²) in [5.74, 6) is -1.48. The van der Waals surface area contributed by atoms with Crippen molar-refractivity contribution in [3.8, 4) is 0 Å². The lowest BCUT2D eigenvalue weighted by atomic mass is 10.1. The van der Waals surface area contributed by atoms with Gasteiger partial charge in [-0.25, -0.2) is 0 Å². The molecule has 0 aliphatic carbocycles. The summed E-state index contributed by atoms with van der Waals surface area (Å²) in [7, 11) is 0. The Labute approximate surface area is 117 Å². The van der Waals surface area contributed by atoms with Gasteiger partial charge >= 0.3 is 0 Å². The Hall–Kier alpha value is -2.32. The van der Waals surface area contributed by atoms with Gasteiger partial charge < -0.3 is 28.3 Å². The van der Waals surface area contributed by atoms with Crippen molar-refractivity contribution in [2.75, 3.05) is 6.54 Å². The van der Waals surface area contributed by atoms with E-state index in [1.54, 1.807) is 0 Å². The van der Waals surface area contributed by atoms with E-state index in [1.807, 2.05) is 0 Å². The van der Waals surface area contributed by atoms with Gasteiger partial charge in [-0.2, -0.15) is 0 Å². The number of nitrogens with one attached hydrogen (secondary N) is 1. The highest BCUT2D eigenvalue weighted by Crippen LogP contribution is 2.00. The lowest BCUT2D eigenvalue weighted by molar-refractivity contribution is -0.127. The number of nitrogens with two attached hydrogens (primary N) is 4. The fraction of sp³-hybridized carbons (Fsp3) is 0.636. The van der Waals surface area contributed by atoms with Gasteiger partial charge in [0.2, 0.25) is 17.7 Å². The van der Waals surface area contributed by atoms with Gasteiger partial charge in [-0.1, -0.05) is 0 Å². The Morgan fingerprint density at radius 1 is 1.00 bits per heavy atom. The molecule has 0 spiro atoms. The molecule has 1 atom stereocenters. The lowest BCUT2D eigenvalue weighted by Gasteiger charge is -2.14. The molecule has 0 saturated heterocycles. The number of rotatable bonds is 10. The molecular formula is C11H22N6O3. The van der Waals surface area contributed by atoms with Crippen LogP contribution in [0.25, 0.3) is 0 Å². The van der Waals surface area contributed by atoms with Crippen LogP contribution in [-0.4, -0.2) is 36.3 Å². The largest absolute Gasteiger partial charge is 0.370 e. The maximum Gasteiger partial charge on any atom is 0.240 e. The first-order chi connectivity index (χ1) is 9.32. The van der Waals surface area contributed by atoms with Crippen molar-refractivity contribution in [2.45, 2.75) is 38.1 Å². The summed E-state index contributed by atoms with van der Waals surface area (Å²) >= 11 is 0. The zero-order valence-electron chi connectivity index (χ0n) is 11.3. The quantitative estimate of drug-likeness (QED) is 0.171. The zero-order valence-corrected chi connectivity index (χ0v) is 11.3. The number of primary amides is 2. The predicted octanol–water partition coefficient (Wildman–Crippen LogP) is -2.33. The van der Waals surface area contributed by atoms with E-state index in [0.29, 0.717) is 25.8 Å². The zero-order chi connectivity index (χ0) is 15.5. The third-order valence-corrected chi connectivity index (χ3v) is 2.45. The molecule has 0 aliphatic rings. The molecule has 0 saturated carbocycles. The second kappa shape index (κ2) is 9.59. The number of carbonyl (C=O) groups excluding carboxylic acids is 3. The van der Waals surface area contributed by atoms with Gasteiger partial charge in [0.25, 0.3) is 0 Å². The molecule has 9 N–H and O–H groups in total. The summed E-state index contributed by atoms with van der Waals surface area (Å²) in [6.45, 7) is 0.351. The average molecular weight is 286 g/mol. The summed E-state index contributed by atoms with van der Waals surface area (Å²) in [4.78, 5) is 37.0. The predicted molar refractivity (Wildman–Crippen MR) is 74.1 cm³/mol. The van der Waals surface area contributed by atoms with Crippen LogP contribution >= 0.6 is 0 Å². The number of hydrogen-bond acceptors (Lipinski definition) is 4. The van der Waals surface area contributed by atoms with E-state index in [9.17, 15) is 14.4 Å². The molecule has 1 unspecified atom stereocenters. The first kappa shape index (κ1) is 17.7. The minimum absolute atomic E-state index is 0.0314. The lowest BCUT2D eigenvalue weighted by Crippen LogP contribution is -2.44. The van der Waals surface area contributed by atoms with Crippen molar-refractivity contribution < 1.29 is 14.4 Å². The molecule has 0 radical (unpaired) electrons. The Bertz CT molecular complexity index is 378. The van der Waals surface area contributed by atoms with Crippen LogP contribution in [0.5, 0.6) is 0 Å². The first-order valence-electron chi connectivity index (χ1n) is 6.25. The van der Waals surface area contributed by atoms with Gasteiger partial charge in [0.15, 0.2) is 5.96 Å². The first-order valence-corrected chi connectivity index (χ1v) is 6.25. The Balaban J connectivity index is 4.07. The molecule has 0 bridgehead atoms. The van der Waals surface area contributed by atoms with E-state index >= 15 is 0 Å². The fourth-order valence-corrected chi connectivity index (χ4v) is 1.48. The van der Waals surface area contributed by atoms with Crippen LogP contribution in [0.2, 0.25) is 0 Å². The number of aliphatic imine (C=N–C) groups is 1. The van der Waals surface area contributed by atoms with E-state index in [1.165, 1.54) is 0 Å². The summed E-state index contributed by atoms with van der Waals surface area (Å²) < 4.78 is 0. The molecule has 0 heterocycles. The van der Waals surface area contributed by atoms with E-state index < -0.39 is 17.9 Å². The number of carbonyl (C=O) groups is 3. The molecule has 9 heteroatoms. The molecule has 9 nitrogen and oxygen atoms in total. The van der Waals surface area contributed by atoms with E-state index in [4.69, 9.17) is 22.9 Å². The van der Waals surface area contributed by atoms with E-state index in [2.05, 4.69) is 10.3 Å². The highest BCUT2D eigenvalue weighted by atomic mass is 16.2. The summed E-state index contributed by atoms with van der Waals surface area (Å²) in [6.07, 6.45) is 1.42. The van der Waals surface area contributed by atoms with Gasteiger partial charge in [-0.05, 0) is 19.3 Å². The highest BCUT2D eigenvalue weighted by molar-refractivity contribution is 5.86. The molecule has 0 aliphatic heterocycles. The summed E-state index contributed by atoms with van der Waals surface area (Å²) in [6, 6.07) is -0.773. The monoisotopic (exact) mass is 286 g/mol. The van der Waals surface area contributed by atoms with Crippen LogP contribution in [0.15, 0.2) is 4.99 Å². The molecular weight excluding hydrogens is 264 g/mol. The van der Waals surface area contributed by atoms with Crippen LogP contribution in [0.1, 0.15) is 32.1 Å². The molecule has 0 rings (SSSR count). The molecule has 3 amide bonds. The molecule has 0 aromatic heterocycles. The molecule has 20 heavy (non-hydrogen) atoms. The van der Waals surface area contributed by atoms with Crippen molar-refractivity contribution in [2.24, 2.45) is 27.9 Å². The van der Waals surface area contributed by atoms with Crippen molar-refractivity contribution in [3.05, 3.63) is 0 Å². The van der Waals surface area contributed by atoms with E-state index in [-0.39, 0.29) is 24.7 Å². The number of hydrogen-bond donors (Lipinski definition) is 5. The van der Waals surface area contributed by atoms with Crippen LogP contribution in [-0.2, 0) is 14.4 Å². The molecule has 114 valence electrons. The normalized spacial score (nSPS) is 11.4. The Morgan fingerprint density at radius 3 is 2.15 bits per heavy atom. The van der Waals surface area contributed by atoms with Crippen molar-refractivity contribution in [1.82, 2.24) is 5.32 Å².